The van der Waals surface area contributed by atoms with Gasteiger partial charge in [-0.3, -0.25) is 9.48 Å². The fraction of sp³-hybridized carbons (Fsp3) is 0.120. The van der Waals surface area contributed by atoms with E-state index in [1.807, 2.05) is 6.07 Å². The Kier molecular flexibility index (Phi) is 6.54. The molecule has 0 aliphatic rings. The molecule has 0 unspecified atom stereocenters. The normalized spacial score (nSPS) is 12.2. The molecule has 39 heavy (non-hydrogen) atoms. The number of alkyl halides is 5. The van der Waals surface area contributed by atoms with Crippen molar-refractivity contribution in [3.8, 4) is 11.3 Å². The van der Waals surface area contributed by atoms with Crippen LogP contribution in [0.5, 0.6) is 0 Å². The Hall–Kier alpha value is -4.39. The van der Waals surface area contributed by atoms with E-state index in [1.165, 1.54) is 22.9 Å². The molecule has 0 saturated heterocycles. The summed E-state index contributed by atoms with van der Waals surface area (Å²) in [6, 6.07) is 14.3. The van der Waals surface area contributed by atoms with Crippen molar-refractivity contribution in [2.75, 3.05) is 5.32 Å². The van der Waals surface area contributed by atoms with Crippen LogP contribution in [0.4, 0.5) is 32.2 Å². The molecule has 3 heterocycles. The lowest BCUT2D eigenvalue weighted by Crippen LogP contribution is -2.36. The molecule has 0 bridgehead atoms. The predicted octanol–water partition coefficient (Wildman–Crippen LogP) is 6.34. The molecule has 1 amide bonds. The van der Waals surface area contributed by atoms with Crippen molar-refractivity contribution in [3.05, 3.63) is 101 Å². The summed E-state index contributed by atoms with van der Waals surface area (Å²) in [4.78, 5) is 16.9. The maximum atomic E-state index is 14.5. The SMILES string of the molecule is O=C(Nc1ccn(Cc2cccc(Cl)c2)n1)c1cc2nc(-c3ccc(F)cc3)cc(C(F)(F)C(F)(F)F)n2n1. The number of nitrogens with zero attached hydrogens (tertiary/aromatic N) is 5. The Morgan fingerprint density at radius 2 is 1.69 bits per heavy atom. The molecule has 0 spiro atoms. The number of rotatable bonds is 6. The maximum absolute atomic E-state index is 14.5. The number of hydrogen-bond acceptors (Lipinski definition) is 4. The van der Waals surface area contributed by atoms with Crippen LogP contribution >= 0.6 is 11.6 Å². The zero-order valence-corrected chi connectivity index (χ0v) is 20.2. The van der Waals surface area contributed by atoms with E-state index >= 15 is 0 Å². The Balaban J connectivity index is 1.48. The van der Waals surface area contributed by atoms with Gasteiger partial charge in [0.25, 0.3) is 5.91 Å². The number of benzene rings is 2. The van der Waals surface area contributed by atoms with Crippen LogP contribution in [0.15, 0.2) is 72.9 Å². The fourth-order valence-electron chi connectivity index (χ4n) is 3.74. The summed E-state index contributed by atoms with van der Waals surface area (Å²) in [6.45, 7) is 0.330. The Morgan fingerprint density at radius 3 is 2.38 bits per heavy atom. The first kappa shape index (κ1) is 26.2. The number of carbonyl (C=O) groups excluding carboxylic acids is 1. The molecular weight excluding hydrogens is 550 g/mol. The van der Waals surface area contributed by atoms with Gasteiger partial charge in [-0.25, -0.2) is 13.9 Å². The highest BCUT2D eigenvalue weighted by Crippen LogP contribution is 2.44. The van der Waals surface area contributed by atoms with E-state index in [-0.39, 0.29) is 21.6 Å². The summed E-state index contributed by atoms with van der Waals surface area (Å²) < 4.78 is 84.0. The van der Waals surface area contributed by atoms with E-state index < -0.39 is 40.9 Å². The molecular formula is C25H15ClF6N6O. The second-order valence-corrected chi connectivity index (χ2v) is 8.82. The first-order valence-electron chi connectivity index (χ1n) is 11.1. The third-order valence-electron chi connectivity index (χ3n) is 5.59. The molecule has 0 atom stereocenters. The van der Waals surface area contributed by atoms with Crippen molar-refractivity contribution in [3.63, 3.8) is 0 Å². The van der Waals surface area contributed by atoms with Crippen molar-refractivity contribution < 1.29 is 31.1 Å². The minimum absolute atomic E-state index is 0.0792. The summed E-state index contributed by atoms with van der Waals surface area (Å²) in [5.74, 6) is -6.82. The van der Waals surface area contributed by atoms with Gasteiger partial charge >= 0.3 is 12.1 Å². The van der Waals surface area contributed by atoms with Gasteiger partial charge in [0, 0.05) is 28.9 Å². The van der Waals surface area contributed by atoms with Crippen LogP contribution in [-0.4, -0.2) is 36.5 Å². The maximum Gasteiger partial charge on any atom is 0.459 e. The Bertz CT molecular complexity index is 1680. The predicted molar refractivity (Wildman–Crippen MR) is 129 cm³/mol. The van der Waals surface area contributed by atoms with Crippen LogP contribution in [0.2, 0.25) is 5.02 Å². The fourth-order valence-corrected chi connectivity index (χ4v) is 3.95. The van der Waals surface area contributed by atoms with Gasteiger partial charge in [-0.15, -0.1) is 0 Å². The Morgan fingerprint density at radius 1 is 0.949 bits per heavy atom. The van der Waals surface area contributed by atoms with Crippen LogP contribution in [0.3, 0.4) is 0 Å². The zero-order valence-electron chi connectivity index (χ0n) is 19.4. The lowest BCUT2D eigenvalue weighted by Gasteiger charge is -2.21. The second kappa shape index (κ2) is 9.73. The molecule has 0 aliphatic carbocycles. The molecule has 14 heteroatoms. The summed E-state index contributed by atoms with van der Waals surface area (Å²) in [7, 11) is 0. The van der Waals surface area contributed by atoms with Crippen molar-refractivity contribution in [1.82, 2.24) is 24.4 Å². The van der Waals surface area contributed by atoms with E-state index in [2.05, 4.69) is 20.5 Å². The van der Waals surface area contributed by atoms with Crippen LogP contribution in [0.1, 0.15) is 21.7 Å². The van der Waals surface area contributed by atoms with Gasteiger partial charge in [0.05, 0.1) is 12.2 Å². The van der Waals surface area contributed by atoms with E-state index in [9.17, 15) is 31.1 Å². The molecule has 200 valence electrons. The summed E-state index contributed by atoms with van der Waals surface area (Å²) >= 11 is 5.98. The minimum atomic E-state index is -5.97. The average Bonchev–Trinajstić information content (AvgIpc) is 3.50. The first-order chi connectivity index (χ1) is 18.4. The summed E-state index contributed by atoms with van der Waals surface area (Å²) in [5.41, 5.74) is -1.88. The smallest absolute Gasteiger partial charge is 0.304 e. The lowest BCUT2D eigenvalue weighted by atomic mass is 10.1. The summed E-state index contributed by atoms with van der Waals surface area (Å²) in [5, 5.41) is 10.8. The van der Waals surface area contributed by atoms with Crippen molar-refractivity contribution >= 4 is 29.0 Å². The van der Waals surface area contributed by atoms with Gasteiger partial charge < -0.3 is 5.32 Å². The number of amides is 1. The van der Waals surface area contributed by atoms with Crippen molar-refractivity contribution in [1.29, 1.82) is 0 Å². The van der Waals surface area contributed by atoms with Gasteiger partial charge in [0.15, 0.2) is 17.2 Å². The number of nitrogens with one attached hydrogen (secondary N) is 1. The minimum Gasteiger partial charge on any atom is -0.304 e. The van der Waals surface area contributed by atoms with Crippen molar-refractivity contribution in [2.24, 2.45) is 0 Å². The molecule has 0 fully saturated rings. The molecule has 5 rings (SSSR count). The Labute approximate surface area is 220 Å². The highest BCUT2D eigenvalue weighted by Gasteiger charge is 2.60. The average molecular weight is 565 g/mol. The van der Waals surface area contributed by atoms with Crippen LogP contribution < -0.4 is 5.32 Å². The number of aromatic nitrogens is 5. The number of hydrogen-bond donors (Lipinski definition) is 1. The molecule has 2 aromatic carbocycles. The summed E-state index contributed by atoms with van der Waals surface area (Å²) in [6.07, 6.45) is -4.40. The molecule has 0 radical (unpaired) electrons. The highest BCUT2D eigenvalue weighted by atomic mass is 35.5. The van der Waals surface area contributed by atoms with Crippen LogP contribution in [0, 0.1) is 5.82 Å². The number of halogens is 7. The van der Waals surface area contributed by atoms with E-state index in [4.69, 9.17) is 11.6 Å². The first-order valence-corrected chi connectivity index (χ1v) is 11.5. The standard InChI is InChI=1S/C25H15ClF6N6O/c26-16-3-1-2-14(10-16)13-37-9-8-21(36-37)34-23(39)19-12-22-33-18(15-4-6-17(27)7-5-15)11-20(38(22)35-19)24(28,29)25(30,31)32/h1-12H,13H2,(H,34,36,39). The molecule has 1 N–H and O–H groups in total. The number of fused-ring (bicyclic) bond motifs is 1. The van der Waals surface area contributed by atoms with Crippen LogP contribution in [-0.2, 0) is 12.5 Å². The lowest BCUT2D eigenvalue weighted by molar-refractivity contribution is -0.291. The monoisotopic (exact) mass is 564 g/mol. The van der Waals surface area contributed by atoms with E-state index in [1.54, 1.807) is 24.4 Å². The number of anilines is 1. The highest BCUT2D eigenvalue weighted by molar-refractivity contribution is 6.30. The van der Waals surface area contributed by atoms with E-state index in [0.717, 1.165) is 23.8 Å². The van der Waals surface area contributed by atoms with Crippen molar-refractivity contribution in [2.45, 2.75) is 18.6 Å². The van der Waals surface area contributed by atoms with Gasteiger partial charge in [-0.2, -0.15) is 32.1 Å². The zero-order chi connectivity index (χ0) is 27.9. The third kappa shape index (κ3) is 5.30. The van der Waals surface area contributed by atoms with Gasteiger partial charge in [0.1, 0.15) is 11.5 Å². The van der Waals surface area contributed by atoms with Gasteiger partial charge in [-0.1, -0.05) is 23.7 Å². The topological polar surface area (TPSA) is 77.1 Å². The molecule has 5 aromatic rings. The molecule has 0 aliphatic heterocycles. The van der Waals surface area contributed by atoms with Gasteiger partial charge in [0.2, 0.25) is 0 Å². The molecule has 7 nitrogen and oxygen atoms in total. The number of carbonyl (C=O) groups is 1. The molecule has 0 saturated carbocycles. The van der Waals surface area contributed by atoms with Gasteiger partial charge in [-0.05, 0) is 48.0 Å². The van der Waals surface area contributed by atoms with E-state index in [0.29, 0.717) is 17.6 Å². The van der Waals surface area contributed by atoms with Crippen LogP contribution in [0.25, 0.3) is 16.9 Å². The third-order valence-corrected chi connectivity index (χ3v) is 5.83. The largest absolute Gasteiger partial charge is 0.459 e. The second-order valence-electron chi connectivity index (χ2n) is 8.39. The quantitative estimate of drug-likeness (QED) is 0.244. The molecule has 3 aromatic heterocycles.